The summed E-state index contributed by atoms with van der Waals surface area (Å²) in [6, 6.07) is 11.0. The van der Waals surface area contributed by atoms with Gasteiger partial charge in [-0.25, -0.2) is 0 Å². The molecule has 80 valence electrons. The highest BCUT2D eigenvalue weighted by Crippen LogP contribution is 2.13. The number of likely N-dealkylation sites (N-methyl/N-ethyl adjacent to an activating group) is 1. The van der Waals surface area contributed by atoms with Crippen LogP contribution in [0.15, 0.2) is 35.3 Å². The van der Waals surface area contributed by atoms with Gasteiger partial charge in [0.15, 0.2) is 0 Å². The third kappa shape index (κ3) is 2.49. The average Bonchev–Trinajstić information content (AvgIpc) is 2.80. The summed E-state index contributed by atoms with van der Waals surface area (Å²) in [6.07, 6.45) is 1.81. The molecule has 1 aromatic carbocycles. The zero-order valence-corrected chi connectivity index (χ0v) is 9.06. The lowest BCUT2D eigenvalue weighted by Gasteiger charge is -2.26. The minimum Gasteiger partial charge on any atom is -0.370 e. The summed E-state index contributed by atoms with van der Waals surface area (Å²) in [5, 5.41) is 3.26. The van der Waals surface area contributed by atoms with Crippen LogP contribution in [0.5, 0.6) is 0 Å². The number of anilines is 1. The number of nitrogens with one attached hydrogen (secondary N) is 1. The molecule has 1 aromatic rings. The second kappa shape index (κ2) is 4.82. The second-order valence-corrected chi connectivity index (χ2v) is 3.73. The number of para-hydroxylation sites is 1. The predicted octanol–water partition coefficient (Wildman–Crippen LogP) is 1.51. The van der Waals surface area contributed by atoms with Crippen LogP contribution in [0.25, 0.3) is 0 Å². The van der Waals surface area contributed by atoms with E-state index in [9.17, 15) is 0 Å². The van der Waals surface area contributed by atoms with E-state index in [2.05, 4.69) is 46.4 Å². The lowest BCUT2D eigenvalue weighted by molar-refractivity contribution is 0.630. The second-order valence-electron chi connectivity index (χ2n) is 3.73. The zero-order chi connectivity index (χ0) is 10.5. The molecule has 3 nitrogen and oxygen atoms in total. The predicted molar refractivity (Wildman–Crippen MR) is 64.6 cm³/mol. The van der Waals surface area contributed by atoms with Crippen molar-refractivity contribution in [2.24, 2.45) is 4.99 Å². The van der Waals surface area contributed by atoms with Crippen molar-refractivity contribution in [2.75, 3.05) is 24.5 Å². The minimum atomic E-state index is 0.463. The first-order valence-corrected chi connectivity index (χ1v) is 5.44. The Morgan fingerprint density at radius 3 is 2.80 bits per heavy atom. The van der Waals surface area contributed by atoms with Crippen molar-refractivity contribution in [1.29, 1.82) is 0 Å². The van der Waals surface area contributed by atoms with Crippen LogP contribution in [-0.2, 0) is 0 Å². The number of nitrogens with zero attached hydrogens (tertiary/aromatic N) is 2. The molecule has 0 saturated heterocycles. The van der Waals surface area contributed by atoms with E-state index in [1.807, 2.05) is 12.4 Å². The van der Waals surface area contributed by atoms with E-state index < -0.39 is 0 Å². The Hall–Kier alpha value is -1.51. The lowest BCUT2D eigenvalue weighted by atomic mass is 10.2. The highest BCUT2D eigenvalue weighted by Gasteiger charge is 2.14. The van der Waals surface area contributed by atoms with Gasteiger partial charge in [-0.2, -0.15) is 0 Å². The molecule has 1 atom stereocenters. The van der Waals surface area contributed by atoms with E-state index >= 15 is 0 Å². The molecule has 2 rings (SSSR count). The number of hydrogen-bond donors (Lipinski definition) is 1. The number of aliphatic imine (C=N–C) groups is 1. The first-order chi connectivity index (χ1) is 7.40. The summed E-state index contributed by atoms with van der Waals surface area (Å²) in [5.41, 5.74) is 1.29. The van der Waals surface area contributed by atoms with Gasteiger partial charge in [-0.05, 0) is 19.1 Å². The van der Waals surface area contributed by atoms with Gasteiger partial charge in [-0.1, -0.05) is 18.2 Å². The van der Waals surface area contributed by atoms with Crippen molar-refractivity contribution in [1.82, 2.24) is 5.32 Å². The molecule has 3 heteroatoms. The van der Waals surface area contributed by atoms with Crippen molar-refractivity contribution in [3.8, 4) is 0 Å². The maximum absolute atomic E-state index is 4.18. The Morgan fingerprint density at radius 2 is 2.20 bits per heavy atom. The third-order valence-electron chi connectivity index (χ3n) is 2.67. The molecular formula is C12H17N3. The number of benzene rings is 1. The van der Waals surface area contributed by atoms with Gasteiger partial charge in [0.25, 0.3) is 0 Å². The van der Waals surface area contributed by atoms with Crippen LogP contribution < -0.4 is 10.2 Å². The van der Waals surface area contributed by atoms with Crippen LogP contribution in [0.3, 0.4) is 0 Å². The normalized spacial score (nSPS) is 18.9. The van der Waals surface area contributed by atoms with Gasteiger partial charge in [0.05, 0.1) is 18.9 Å². The van der Waals surface area contributed by atoms with Crippen LogP contribution in [-0.4, -0.2) is 32.0 Å². The SMILES string of the molecule is CCN(CC1CN=CN1)c1ccccc1. The van der Waals surface area contributed by atoms with E-state index in [-0.39, 0.29) is 0 Å². The molecule has 1 aliphatic rings. The molecule has 1 aliphatic heterocycles. The van der Waals surface area contributed by atoms with Crippen LogP contribution >= 0.6 is 0 Å². The highest BCUT2D eigenvalue weighted by molar-refractivity contribution is 5.58. The van der Waals surface area contributed by atoms with E-state index in [0.29, 0.717) is 6.04 Å². The Morgan fingerprint density at radius 1 is 1.40 bits per heavy atom. The molecule has 0 aromatic heterocycles. The quantitative estimate of drug-likeness (QED) is 0.803. The first-order valence-electron chi connectivity index (χ1n) is 5.44. The molecule has 0 amide bonds. The van der Waals surface area contributed by atoms with Crippen LogP contribution in [0.4, 0.5) is 5.69 Å². The standard InChI is InChI=1S/C12H17N3/c1-2-15(9-11-8-13-10-14-11)12-6-4-3-5-7-12/h3-7,10-11H,2,8-9H2,1H3,(H,13,14). The van der Waals surface area contributed by atoms with Crippen LogP contribution in [0.2, 0.25) is 0 Å². The van der Waals surface area contributed by atoms with E-state index in [1.54, 1.807) is 0 Å². The first kappa shape index (κ1) is 10.0. The molecular weight excluding hydrogens is 186 g/mol. The molecule has 0 radical (unpaired) electrons. The summed E-state index contributed by atoms with van der Waals surface area (Å²) >= 11 is 0. The molecule has 0 bridgehead atoms. The molecule has 15 heavy (non-hydrogen) atoms. The number of hydrogen-bond acceptors (Lipinski definition) is 3. The van der Waals surface area contributed by atoms with E-state index in [1.165, 1.54) is 5.69 Å². The largest absolute Gasteiger partial charge is 0.370 e. The summed E-state index contributed by atoms with van der Waals surface area (Å²) < 4.78 is 0. The fraction of sp³-hybridized carbons (Fsp3) is 0.417. The maximum atomic E-state index is 4.18. The van der Waals surface area contributed by atoms with Crippen molar-refractivity contribution in [2.45, 2.75) is 13.0 Å². The fourth-order valence-corrected chi connectivity index (χ4v) is 1.82. The van der Waals surface area contributed by atoms with Crippen LogP contribution in [0.1, 0.15) is 6.92 Å². The molecule has 0 aliphatic carbocycles. The zero-order valence-electron chi connectivity index (χ0n) is 9.06. The smallest absolute Gasteiger partial charge is 0.0828 e. The monoisotopic (exact) mass is 203 g/mol. The van der Waals surface area contributed by atoms with Gasteiger partial charge in [-0.3, -0.25) is 4.99 Å². The topological polar surface area (TPSA) is 27.6 Å². The van der Waals surface area contributed by atoms with Crippen molar-refractivity contribution in [3.63, 3.8) is 0 Å². The van der Waals surface area contributed by atoms with Gasteiger partial charge in [0.1, 0.15) is 0 Å². The van der Waals surface area contributed by atoms with Gasteiger partial charge >= 0.3 is 0 Å². The lowest BCUT2D eigenvalue weighted by Crippen LogP contribution is -2.39. The summed E-state index contributed by atoms with van der Waals surface area (Å²) in [4.78, 5) is 6.55. The third-order valence-corrected chi connectivity index (χ3v) is 2.67. The molecule has 0 saturated carbocycles. The van der Waals surface area contributed by atoms with Gasteiger partial charge < -0.3 is 10.2 Å². The average molecular weight is 203 g/mol. The number of rotatable bonds is 4. The van der Waals surface area contributed by atoms with E-state index in [4.69, 9.17) is 0 Å². The summed E-state index contributed by atoms with van der Waals surface area (Å²) in [6.45, 7) is 5.12. The molecule has 0 spiro atoms. The Kier molecular flexibility index (Phi) is 3.22. The van der Waals surface area contributed by atoms with Gasteiger partial charge in [0, 0.05) is 18.8 Å². The highest BCUT2D eigenvalue weighted by atomic mass is 15.2. The molecule has 1 unspecified atom stereocenters. The molecule has 1 heterocycles. The Balaban J connectivity index is 1.98. The summed E-state index contributed by atoms with van der Waals surface area (Å²) in [5.74, 6) is 0. The van der Waals surface area contributed by atoms with Crippen molar-refractivity contribution >= 4 is 12.0 Å². The Labute approximate surface area is 90.8 Å². The molecule has 1 N–H and O–H groups in total. The van der Waals surface area contributed by atoms with Gasteiger partial charge in [0.2, 0.25) is 0 Å². The fourth-order valence-electron chi connectivity index (χ4n) is 1.82. The molecule has 0 fully saturated rings. The van der Waals surface area contributed by atoms with Gasteiger partial charge in [-0.15, -0.1) is 0 Å². The Bertz CT molecular complexity index is 313. The van der Waals surface area contributed by atoms with E-state index in [0.717, 1.165) is 19.6 Å². The maximum Gasteiger partial charge on any atom is 0.0828 e. The van der Waals surface area contributed by atoms with Crippen LogP contribution in [0, 0.1) is 0 Å². The summed E-state index contributed by atoms with van der Waals surface area (Å²) in [7, 11) is 0. The van der Waals surface area contributed by atoms with Crippen molar-refractivity contribution in [3.05, 3.63) is 30.3 Å². The van der Waals surface area contributed by atoms with Crippen molar-refractivity contribution < 1.29 is 0 Å². The minimum absolute atomic E-state index is 0.463.